The van der Waals surface area contributed by atoms with Crippen molar-refractivity contribution in [2.24, 2.45) is 0 Å². The molecule has 0 unspecified atom stereocenters. The summed E-state index contributed by atoms with van der Waals surface area (Å²) in [6.07, 6.45) is 1.37. The molecule has 30 heavy (non-hydrogen) atoms. The summed E-state index contributed by atoms with van der Waals surface area (Å²) in [5.74, 6) is -0.0261. The topological polar surface area (TPSA) is 87.7 Å². The maximum atomic E-state index is 12.2. The molecule has 0 aliphatic carbocycles. The molecule has 1 saturated heterocycles. The van der Waals surface area contributed by atoms with Gasteiger partial charge in [-0.3, -0.25) is 14.4 Å². The monoisotopic (exact) mass is 429 g/mol. The molecule has 1 heterocycles. The van der Waals surface area contributed by atoms with Gasteiger partial charge >= 0.3 is 0 Å². The van der Waals surface area contributed by atoms with Gasteiger partial charge in [-0.15, -0.1) is 0 Å². The van der Waals surface area contributed by atoms with Gasteiger partial charge in [-0.2, -0.15) is 0 Å². The first-order valence-corrected chi connectivity index (χ1v) is 10.2. The summed E-state index contributed by atoms with van der Waals surface area (Å²) >= 11 is 6.28. The Kier molecular flexibility index (Phi) is 6.95. The smallest absolute Gasteiger partial charge is 0.251 e. The molecular formula is C22H24ClN3O4. The fourth-order valence-electron chi connectivity index (χ4n) is 3.13. The number of rotatable bonds is 7. The van der Waals surface area contributed by atoms with Crippen LogP contribution < -0.4 is 20.3 Å². The Morgan fingerprint density at radius 2 is 1.90 bits per heavy atom. The van der Waals surface area contributed by atoms with E-state index in [1.54, 1.807) is 47.4 Å². The summed E-state index contributed by atoms with van der Waals surface area (Å²) < 4.78 is 5.54. The lowest BCUT2D eigenvalue weighted by atomic mass is 10.2. The molecule has 0 radical (unpaired) electrons. The quantitative estimate of drug-likeness (QED) is 0.703. The van der Waals surface area contributed by atoms with E-state index in [-0.39, 0.29) is 30.4 Å². The lowest BCUT2D eigenvalue weighted by molar-refractivity contribution is -0.117. The van der Waals surface area contributed by atoms with Crippen LogP contribution in [0.15, 0.2) is 42.5 Å². The first-order chi connectivity index (χ1) is 14.3. The third-order valence-electron chi connectivity index (χ3n) is 4.49. The van der Waals surface area contributed by atoms with E-state index in [0.717, 1.165) is 6.42 Å². The maximum Gasteiger partial charge on any atom is 0.251 e. The van der Waals surface area contributed by atoms with Gasteiger partial charge in [-0.05, 0) is 62.7 Å². The van der Waals surface area contributed by atoms with E-state index < -0.39 is 0 Å². The normalized spacial score (nSPS) is 13.5. The summed E-state index contributed by atoms with van der Waals surface area (Å²) in [7, 11) is 0. The van der Waals surface area contributed by atoms with E-state index >= 15 is 0 Å². The predicted octanol–water partition coefficient (Wildman–Crippen LogP) is 3.62. The lowest BCUT2D eigenvalue weighted by Gasteiger charge is -2.18. The van der Waals surface area contributed by atoms with Gasteiger partial charge in [0.2, 0.25) is 11.8 Å². The molecule has 2 aromatic carbocycles. The van der Waals surface area contributed by atoms with E-state index in [0.29, 0.717) is 40.7 Å². The molecule has 0 aromatic heterocycles. The van der Waals surface area contributed by atoms with Gasteiger partial charge in [0.15, 0.2) is 0 Å². The Hall–Kier alpha value is -3.06. The van der Waals surface area contributed by atoms with Crippen molar-refractivity contribution >= 4 is 40.7 Å². The minimum Gasteiger partial charge on any atom is -0.491 e. The zero-order chi connectivity index (χ0) is 21.7. The Morgan fingerprint density at radius 3 is 2.50 bits per heavy atom. The van der Waals surface area contributed by atoms with E-state index in [1.807, 2.05) is 13.8 Å². The van der Waals surface area contributed by atoms with Gasteiger partial charge in [0.25, 0.3) is 5.91 Å². The summed E-state index contributed by atoms with van der Waals surface area (Å²) in [6, 6.07) is 11.7. The zero-order valence-corrected chi connectivity index (χ0v) is 17.7. The number of halogens is 1. The van der Waals surface area contributed by atoms with Crippen LogP contribution in [0.3, 0.4) is 0 Å². The fraction of sp³-hybridized carbons (Fsp3) is 0.318. The number of nitrogens with one attached hydrogen (secondary N) is 2. The zero-order valence-electron chi connectivity index (χ0n) is 16.9. The summed E-state index contributed by atoms with van der Waals surface area (Å²) in [6.45, 7) is 4.30. The van der Waals surface area contributed by atoms with E-state index in [4.69, 9.17) is 16.3 Å². The number of carbonyl (C=O) groups is 3. The number of benzene rings is 2. The van der Waals surface area contributed by atoms with Gasteiger partial charge in [-0.25, -0.2) is 0 Å². The largest absolute Gasteiger partial charge is 0.491 e. The van der Waals surface area contributed by atoms with Crippen LogP contribution in [0.4, 0.5) is 11.4 Å². The predicted molar refractivity (Wildman–Crippen MR) is 116 cm³/mol. The first kappa shape index (κ1) is 21.6. The molecule has 3 amide bonds. The maximum absolute atomic E-state index is 12.2. The lowest BCUT2D eigenvalue weighted by Crippen LogP contribution is -2.32. The highest BCUT2D eigenvalue weighted by atomic mass is 35.5. The number of hydrogen-bond acceptors (Lipinski definition) is 4. The van der Waals surface area contributed by atoms with Crippen LogP contribution in [0.2, 0.25) is 5.02 Å². The molecule has 158 valence electrons. The minimum absolute atomic E-state index is 0.0419. The highest BCUT2D eigenvalue weighted by Gasteiger charge is 2.23. The van der Waals surface area contributed by atoms with Crippen molar-refractivity contribution in [3.63, 3.8) is 0 Å². The molecule has 0 spiro atoms. The number of ether oxygens (including phenoxy) is 1. The molecular weight excluding hydrogens is 406 g/mol. The third kappa shape index (κ3) is 5.51. The van der Waals surface area contributed by atoms with Gasteiger partial charge < -0.3 is 20.3 Å². The standard InChI is InChI=1S/C22H24ClN3O4/c1-14(2)30-17-8-5-15(6-9-17)22(29)24-13-20(27)25-16-7-10-19(18(23)12-16)26-11-3-4-21(26)28/h5-10,12,14H,3-4,11,13H2,1-2H3,(H,24,29)(H,25,27). The second-order valence-corrected chi connectivity index (χ2v) is 7.64. The van der Waals surface area contributed by atoms with Gasteiger partial charge in [0, 0.05) is 24.2 Å². The molecule has 0 atom stereocenters. The number of nitrogens with zero attached hydrogens (tertiary/aromatic N) is 1. The van der Waals surface area contributed by atoms with Crippen LogP contribution in [-0.4, -0.2) is 36.9 Å². The van der Waals surface area contributed by atoms with Crippen LogP contribution >= 0.6 is 11.6 Å². The SMILES string of the molecule is CC(C)Oc1ccc(C(=O)NCC(=O)Nc2ccc(N3CCCC3=O)c(Cl)c2)cc1. The number of carbonyl (C=O) groups excluding carboxylic acids is 3. The Bertz CT molecular complexity index is 944. The first-order valence-electron chi connectivity index (χ1n) is 9.78. The summed E-state index contributed by atoms with van der Waals surface area (Å²) in [5, 5.41) is 5.65. The average molecular weight is 430 g/mol. The highest BCUT2D eigenvalue weighted by molar-refractivity contribution is 6.34. The van der Waals surface area contributed by atoms with E-state index in [1.165, 1.54) is 0 Å². The van der Waals surface area contributed by atoms with Crippen molar-refractivity contribution < 1.29 is 19.1 Å². The molecule has 2 N–H and O–H groups in total. The Balaban J connectivity index is 1.52. The van der Waals surface area contributed by atoms with Crippen molar-refractivity contribution in [1.82, 2.24) is 5.32 Å². The Labute approximate surface area is 180 Å². The molecule has 0 bridgehead atoms. The number of amides is 3. The molecule has 1 aliphatic rings. The van der Waals surface area contributed by atoms with Crippen LogP contribution in [0.25, 0.3) is 0 Å². The molecule has 7 nitrogen and oxygen atoms in total. The molecule has 1 fully saturated rings. The molecule has 1 aliphatic heterocycles. The van der Waals surface area contributed by atoms with Crippen molar-refractivity contribution in [2.75, 3.05) is 23.3 Å². The van der Waals surface area contributed by atoms with Crippen LogP contribution in [-0.2, 0) is 9.59 Å². The second kappa shape index (κ2) is 9.63. The Morgan fingerprint density at radius 1 is 1.17 bits per heavy atom. The summed E-state index contributed by atoms with van der Waals surface area (Å²) in [4.78, 5) is 37.9. The molecule has 8 heteroatoms. The fourth-order valence-corrected chi connectivity index (χ4v) is 3.41. The average Bonchev–Trinajstić information content (AvgIpc) is 3.12. The van der Waals surface area contributed by atoms with Crippen molar-refractivity contribution in [3.05, 3.63) is 53.1 Å². The van der Waals surface area contributed by atoms with Crippen LogP contribution in [0.5, 0.6) is 5.75 Å². The molecule has 2 aromatic rings. The highest BCUT2D eigenvalue weighted by Crippen LogP contribution is 2.31. The second-order valence-electron chi connectivity index (χ2n) is 7.24. The van der Waals surface area contributed by atoms with Crippen LogP contribution in [0, 0.1) is 0 Å². The van der Waals surface area contributed by atoms with Crippen molar-refractivity contribution in [2.45, 2.75) is 32.8 Å². The third-order valence-corrected chi connectivity index (χ3v) is 4.80. The van der Waals surface area contributed by atoms with E-state index in [2.05, 4.69) is 10.6 Å². The number of hydrogen-bond donors (Lipinski definition) is 2. The van der Waals surface area contributed by atoms with Gasteiger partial charge in [0.05, 0.1) is 23.4 Å². The van der Waals surface area contributed by atoms with Crippen molar-refractivity contribution in [1.29, 1.82) is 0 Å². The molecule has 0 saturated carbocycles. The molecule has 3 rings (SSSR count). The summed E-state index contributed by atoms with van der Waals surface area (Å²) in [5.41, 5.74) is 1.56. The van der Waals surface area contributed by atoms with Crippen LogP contribution in [0.1, 0.15) is 37.0 Å². The minimum atomic E-state index is -0.385. The van der Waals surface area contributed by atoms with Gasteiger partial charge in [-0.1, -0.05) is 11.6 Å². The number of anilines is 2. The van der Waals surface area contributed by atoms with Gasteiger partial charge in [0.1, 0.15) is 5.75 Å². The van der Waals surface area contributed by atoms with E-state index in [9.17, 15) is 14.4 Å². The van der Waals surface area contributed by atoms with Crippen molar-refractivity contribution in [3.8, 4) is 5.75 Å².